The Hall–Kier alpha value is -6.44. The van der Waals surface area contributed by atoms with Gasteiger partial charge in [-0.2, -0.15) is 0 Å². The maximum absolute atomic E-state index is 9.78. The van der Waals surface area contributed by atoms with Gasteiger partial charge in [0, 0.05) is 10.8 Å². The number of hydrogen-bond acceptors (Lipinski definition) is 1. The van der Waals surface area contributed by atoms with Crippen molar-refractivity contribution in [2.24, 2.45) is 0 Å². The third-order valence-corrected chi connectivity index (χ3v) is 7.82. The topological polar surface area (TPSA) is 13.1 Å². The van der Waals surface area contributed by atoms with E-state index >= 15 is 0 Å². The minimum Gasteiger partial charge on any atom is -0.456 e. The molecule has 10 rings (SSSR count). The van der Waals surface area contributed by atoms with Crippen molar-refractivity contribution in [3.8, 4) is 44.5 Å². The van der Waals surface area contributed by atoms with Gasteiger partial charge in [-0.1, -0.05) is 157 Å². The van der Waals surface area contributed by atoms with Crippen molar-refractivity contribution >= 4 is 54.3 Å². The molecule has 228 valence electrons. The van der Waals surface area contributed by atoms with Gasteiger partial charge in [-0.15, -0.1) is 0 Å². The Morgan fingerprint density at radius 1 is 0.327 bits per heavy atom. The summed E-state index contributed by atoms with van der Waals surface area (Å²) in [6.45, 7) is 0. The molecule has 0 N–H and O–H groups in total. The summed E-state index contributed by atoms with van der Waals surface area (Å²) in [5, 5.41) is -5.36. The number of fused-ring (bicyclic) bond motifs is 6. The van der Waals surface area contributed by atoms with Crippen molar-refractivity contribution in [3.05, 3.63) is 181 Å². The van der Waals surface area contributed by atoms with E-state index in [1.807, 2.05) is 0 Å². The Kier molecular flexibility index (Phi) is 2.50. The van der Waals surface area contributed by atoms with Crippen LogP contribution < -0.4 is 0 Å². The molecule has 0 saturated heterocycles. The molecule has 0 unspecified atom stereocenters. The van der Waals surface area contributed by atoms with E-state index in [0.29, 0.717) is 0 Å². The molecule has 0 aliphatic rings. The standard InChI is InChI=1S/C48H30O/c1-2-12-33(13-3-1)38-19-10-20-44-48(38)43-28-27-37(30-45(43)49-44)47-41-17-8-6-15-39(41)46(40-16-7-9-18-42(40)47)34-24-21-32(22-25-34)36-26-23-31-11-4-5-14-35(31)29-36/h1-30H/i1D,2D,3D,4D,5D,6D,7D,8D,9D,10D,11D,12D,13D,14D,15D,16D,17D,18D,19D,20D,21D,22D,23D,24D,25D,26D,27D,28D,29D,30D. The third kappa shape index (κ3) is 4.47. The highest BCUT2D eigenvalue weighted by atomic mass is 16.3. The molecule has 1 nitrogen and oxygen atoms in total. The molecule has 0 aliphatic carbocycles. The van der Waals surface area contributed by atoms with Crippen LogP contribution in [0.25, 0.3) is 98.8 Å². The zero-order valence-corrected chi connectivity index (χ0v) is 24.4. The number of hydrogen-bond donors (Lipinski definition) is 0. The maximum atomic E-state index is 9.78. The fourth-order valence-electron chi connectivity index (χ4n) is 5.73. The number of furan rings is 1. The van der Waals surface area contributed by atoms with E-state index in [0.717, 1.165) is 0 Å². The molecular formula is C48H30O. The van der Waals surface area contributed by atoms with Crippen LogP contribution in [0, 0.1) is 0 Å². The molecule has 0 saturated carbocycles. The molecule has 0 bridgehead atoms. The molecule has 0 atom stereocenters. The van der Waals surface area contributed by atoms with Crippen LogP contribution in [0.15, 0.2) is 186 Å². The highest BCUT2D eigenvalue weighted by Crippen LogP contribution is 2.45. The van der Waals surface area contributed by atoms with Gasteiger partial charge >= 0.3 is 0 Å². The molecule has 0 radical (unpaired) electrons. The molecule has 49 heavy (non-hydrogen) atoms. The van der Waals surface area contributed by atoms with Crippen LogP contribution in [0.3, 0.4) is 0 Å². The summed E-state index contributed by atoms with van der Waals surface area (Å²) in [4.78, 5) is 0. The van der Waals surface area contributed by atoms with E-state index in [-0.39, 0.29) is 0 Å². The monoisotopic (exact) mass is 652 g/mol. The average molecular weight is 653 g/mol. The lowest BCUT2D eigenvalue weighted by molar-refractivity contribution is 0.669. The summed E-state index contributed by atoms with van der Waals surface area (Å²) in [5.41, 5.74) is -7.60. The highest BCUT2D eigenvalue weighted by Gasteiger charge is 2.19. The van der Waals surface area contributed by atoms with E-state index in [2.05, 4.69) is 0 Å². The van der Waals surface area contributed by atoms with Crippen molar-refractivity contribution in [2.45, 2.75) is 0 Å². The SMILES string of the molecule is [2H]c1c([2H])c([2H])c(-c2c([2H])c([2H])c([2H])c3oc4c([2H])c(-c5c6c([2H])c([2H])c([2H])c([2H])c6c(-c6c([2H])c([2H])c(-c7c([2H])c([2H])c8c([2H])c([2H])c([2H])c([2H])c8c7[2H])c([2H])c6[2H])c6c([2H])c([2H])c([2H])c([2H])c56)c([2H])c([2H])c4c23)c([2H])c1[2H]. The number of rotatable bonds is 4. The summed E-state index contributed by atoms with van der Waals surface area (Å²) in [5.74, 6) is 0. The van der Waals surface area contributed by atoms with Crippen LogP contribution in [0.5, 0.6) is 0 Å². The third-order valence-electron chi connectivity index (χ3n) is 7.82. The predicted octanol–water partition coefficient (Wildman–Crippen LogP) is 13.7. The molecular weight excluding hydrogens is 593 g/mol. The van der Waals surface area contributed by atoms with Gasteiger partial charge in [0.15, 0.2) is 0 Å². The fourth-order valence-corrected chi connectivity index (χ4v) is 5.73. The lowest BCUT2D eigenvalue weighted by Gasteiger charge is -2.18. The van der Waals surface area contributed by atoms with Crippen LogP contribution in [-0.2, 0) is 0 Å². The summed E-state index contributed by atoms with van der Waals surface area (Å²) in [6.07, 6.45) is 0. The van der Waals surface area contributed by atoms with Gasteiger partial charge in [-0.25, -0.2) is 0 Å². The Morgan fingerprint density at radius 2 is 0.898 bits per heavy atom. The molecule has 0 spiro atoms. The largest absolute Gasteiger partial charge is 0.456 e. The van der Waals surface area contributed by atoms with Crippen molar-refractivity contribution < 1.29 is 45.5 Å². The van der Waals surface area contributed by atoms with Crippen molar-refractivity contribution in [2.75, 3.05) is 0 Å². The Bertz CT molecular complexity index is 4460. The summed E-state index contributed by atoms with van der Waals surface area (Å²) < 4.78 is 275. The molecule has 1 heteroatoms. The number of benzene rings is 9. The van der Waals surface area contributed by atoms with Gasteiger partial charge in [0.2, 0.25) is 0 Å². The zero-order chi connectivity index (χ0) is 58.4. The van der Waals surface area contributed by atoms with Gasteiger partial charge in [0.1, 0.15) is 11.2 Å². The van der Waals surface area contributed by atoms with Crippen LogP contribution >= 0.6 is 0 Å². The first-order valence-corrected chi connectivity index (χ1v) is 14.4. The van der Waals surface area contributed by atoms with Gasteiger partial charge in [-0.3, -0.25) is 0 Å². The average Bonchev–Trinajstić information content (AvgIpc) is 3.92. The van der Waals surface area contributed by atoms with E-state index in [1.165, 1.54) is 0 Å². The van der Waals surface area contributed by atoms with Crippen LogP contribution in [-0.4, -0.2) is 0 Å². The first-order chi connectivity index (χ1) is 36.8. The van der Waals surface area contributed by atoms with Crippen molar-refractivity contribution in [3.63, 3.8) is 0 Å². The lowest BCUT2D eigenvalue weighted by atomic mass is 9.85. The van der Waals surface area contributed by atoms with Gasteiger partial charge in [0.05, 0.1) is 41.1 Å². The van der Waals surface area contributed by atoms with E-state index in [1.54, 1.807) is 0 Å². The second-order valence-electron chi connectivity index (χ2n) is 10.5. The fraction of sp³-hybridized carbons (Fsp3) is 0. The Balaban J connectivity index is 1.42. The minimum absolute atomic E-state index is 0.513. The van der Waals surface area contributed by atoms with Crippen LogP contribution in [0.4, 0.5) is 0 Å². The maximum Gasteiger partial charge on any atom is 0.136 e. The van der Waals surface area contributed by atoms with Gasteiger partial charge < -0.3 is 4.42 Å². The predicted molar refractivity (Wildman–Crippen MR) is 208 cm³/mol. The van der Waals surface area contributed by atoms with Crippen molar-refractivity contribution in [1.29, 1.82) is 0 Å². The van der Waals surface area contributed by atoms with E-state index in [9.17, 15) is 15.1 Å². The molecule has 0 aliphatic heterocycles. The lowest BCUT2D eigenvalue weighted by Crippen LogP contribution is -1.91. The first-order valence-electron chi connectivity index (χ1n) is 29.4. The smallest absolute Gasteiger partial charge is 0.136 e. The zero-order valence-electron chi connectivity index (χ0n) is 54.4. The Labute approximate surface area is 326 Å². The van der Waals surface area contributed by atoms with Crippen LogP contribution in [0.1, 0.15) is 41.1 Å². The van der Waals surface area contributed by atoms with E-state index < -0.39 is 280 Å². The summed E-state index contributed by atoms with van der Waals surface area (Å²) in [6, 6.07) is -28.5. The summed E-state index contributed by atoms with van der Waals surface area (Å²) >= 11 is 0. The second-order valence-corrected chi connectivity index (χ2v) is 10.5. The molecule has 10 aromatic rings. The van der Waals surface area contributed by atoms with E-state index in [4.69, 9.17) is 30.5 Å². The van der Waals surface area contributed by atoms with Gasteiger partial charge in [-0.05, 0) is 101 Å². The van der Waals surface area contributed by atoms with Gasteiger partial charge in [0.25, 0.3) is 0 Å². The van der Waals surface area contributed by atoms with Crippen LogP contribution in [0.2, 0.25) is 0 Å². The molecule has 1 aromatic heterocycles. The summed E-state index contributed by atoms with van der Waals surface area (Å²) in [7, 11) is 0. The quantitative estimate of drug-likeness (QED) is 0.172. The first kappa shape index (κ1) is 11.1. The minimum atomic E-state index is -1.12. The molecule has 9 aromatic carbocycles. The molecule has 0 amide bonds. The molecule has 0 fully saturated rings. The second kappa shape index (κ2) is 11.1. The Morgan fingerprint density at radius 3 is 1.61 bits per heavy atom. The van der Waals surface area contributed by atoms with Crippen molar-refractivity contribution in [1.82, 2.24) is 0 Å². The normalized spacial score (nSPS) is 20.2. The highest BCUT2D eigenvalue weighted by molar-refractivity contribution is 6.22. The molecule has 1 heterocycles.